The van der Waals surface area contributed by atoms with Crippen LogP contribution in [0.15, 0.2) is 78.9 Å². The van der Waals surface area contributed by atoms with Gasteiger partial charge in [0.25, 0.3) is 0 Å². The summed E-state index contributed by atoms with van der Waals surface area (Å²) in [5.74, 6) is 0.495. The maximum atomic E-state index is 13.3. The number of aryl methyl sites for hydroxylation is 1. The number of tetrazole rings is 1. The predicted molar refractivity (Wildman–Crippen MR) is 110 cm³/mol. The summed E-state index contributed by atoms with van der Waals surface area (Å²) in [5.41, 5.74) is 4.14. The summed E-state index contributed by atoms with van der Waals surface area (Å²) in [6, 6.07) is 24.6. The van der Waals surface area contributed by atoms with Crippen LogP contribution < -0.4 is 0 Å². The molecular formula is C23H22FN5. The van der Waals surface area contributed by atoms with Crippen molar-refractivity contribution in [2.75, 3.05) is 7.05 Å². The van der Waals surface area contributed by atoms with Crippen LogP contribution in [0.3, 0.4) is 0 Å². The lowest BCUT2D eigenvalue weighted by Crippen LogP contribution is -2.28. The molecule has 0 fully saturated rings. The average molecular weight is 387 g/mol. The Morgan fingerprint density at radius 2 is 1.62 bits per heavy atom. The van der Waals surface area contributed by atoms with Gasteiger partial charge in [0.15, 0.2) is 5.82 Å². The van der Waals surface area contributed by atoms with Gasteiger partial charge in [0.2, 0.25) is 0 Å². The molecule has 4 rings (SSSR count). The van der Waals surface area contributed by atoms with E-state index in [0.717, 1.165) is 28.2 Å². The minimum absolute atomic E-state index is 0.171. The van der Waals surface area contributed by atoms with E-state index in [-0.39, 0.29) is 11.9 Å². The van der Waals surface area contributed by atoms with E-state index in [4.69, 9.17) is 0 Å². The van der Waals surface area contributed by atoms with Gasteiger partial charge in [-0.25, -0.2) is 4.39 Å². The number of benzene rings is 3. The van der Waals surface area contributed by atoms with Gasteiger partial charge in [0.1, 0.15) is 5.82 Å². The van der Waals surface area contributed by atoms with Crippen LogP contribution in [0, 0.1) is 12.7 Å². The molecule has 0 bridgehead atoms. The fourth-order valence-corrected chi connectivity index (χ4v) is 3.54. The summed E-state index contributed by atoms with van der Waals surface area (Å²) >= 11 is 0. The third-order valence-corrected chi connectivity index (χ3v) is 4.98. The van der Waals surface area contributed by atoms with Gasteiger partial charge in [0, 0.05) is 6.54 Å². The molecule has 1 unspecified atom stereocenters. The quantitative estimate of drug-likeness (QED) is 0.494. The number of halogens is 1. The van der Waals surface area contributed by atoms with E-state index < -0.39 is 0 Å². The zero-order valence-electron chi connectivity index (χ0n) is 16.4. The number of nitrogens with zero attached hydrogens (tertiary/aromatic N) is 5. The molecule has 5 nitrogen and oxygen atoms in total. The Morgan fingerprint density at radius 1 is 0.931 bits per heavy atom. The van der Waals surface area contributed by atoms with Gasteiger partial charge in [-0.05, 0) is 59.3 Å². The van der Waals surface area contributed by atoms with E-state index in [1.807, 2.05) is 56.4 Å². The number of hydrogen-bond acceptors (Lipinski definition) is 4. The Hall–Kier alpha value is -3.38. The molecule has 4 aromatic rings. The van der Waals surface area contributed by atoms with Crippen LogP contribution in [0.4, 0.5) is 4.39 Å². The van der Waals surface area contributed by atoms with Gasteiger partial charge in [-0.15, -0.1) is 5.10 Å². The number of rotatable bonds is 6. The Bertz CT molecular complexity index is 1080. The minimum Gasteiger partial charge on any atom is -0.288 e. The monoisotopic (exact) mass is 387 g/mol. The highest BCUT2D eigenvalue weighted by atomic mass is 19.1. The van der Waals surface area contributed by atoms with Crippen molar-refractivity contribution in [3.8, 4) is 5.69 Å². The molecule has 1 heterocycles. The predicted octanol–water partition coefficient (Wildman–Crippen LogP) is 4.33. The molecule has 0 aliphatic heterocycles. The number of aromatic nitrogens is 4. The Labute approximate surface area is 169 Å². The van der Waals surface area contributed by atoms with Crippen LogP contribution >= 0.6 is 0 Å². The van der Waals surface area contributed by atoms with Crippen molar-refractivity contribution in [2.24, 2.45) is 0 Å². The van der Waals surface area contributed by atoms with Crippen LogP contribution in [0.2, 0.25) is 0 Å². The second kappa shape index (κ2) is 8.32. The summed E-state index contributed by atoms with van der Waals surface area (Å²) < 4.78 is 15.1. The van der Waals surface area contributed by atoms with Crippen molar-refractivity contribution in [2.45, 2.75) is 19.5 Å². The Morgan fingerprint density at radius 3 is 2.34 bits per heavy atom. The highest BCUT2D eigenvalue weighted by Crippen LogP contribution is 2.29. The first-order valence-electron chi connectivity index (χ1n) is 9.47. The summed E-state index contributed by atoms with van der Waals surface area (Å²) in [6.45, 7) is 2.67. The smallest absolute Gasteiger partial charge is 0.178 e. The summed E-state index contributed by atoms with van der Waals surface area (Å²) in [6.07, 6.45) is 0. The van der Waals surface area contributed by atoms with Gasteiger partial charge in [-0.1, -0.05) is 60.7 Å². The molecule has 0 aliphatic rings. The van der Waals surface area contributed by atoms with Crippen molar-refractivity contribution < 1.29 is 4.39 Å². The summed E-state index contributed by atoms with van der Waals surface area (Å²) in [5, 5.41) is 12.6. The second-order valence-electron chi connectivity index (χ2n) is 7.09. The molecule has 3 aromatic carbocycles. The van der Waals surface area contributed by atoms with Crippen LogP contribution in [0.25, 0.3) is 5.69 Å². The first-order valence-corrected chi connectivity index (χ1v) is 9.47. The van der Waals surface area contributed by atoms with Crippen LogP contribution in [0.1, 0.15) is 28.6 Å². The molecule has 6 heteroatoms. The second-order valence-corrected chi connectivity index (χ2v) is 7.09. The molecule has 0 spiro atoms. The number of hydrogen-bond donors (Lipinski definition) is 0. The zero-order chi connectivity index (χ0) is 20.2. The molecule has 1 atom stereocenters. The third-order valence-electron chi connectivity index (χ3n) is 4.98. The highest BCUT2D eigenvalue weighted by molar-refractivity contribution is 5.40. The summed E-state index contributed by atoms with van der Waals surface area (Å²) in [7, 11) is 2.03. The van der Waals surface area contributed by atoms with Crippen molar-refractivity contribution in [3.05, 3.63) is 107 Å². The van der Waals surface area contributed by atoms with Crippen molar-refractivity contribution in [1.29, 1.82) is 0 Å². The molecule has 146 valence electrons. The molecule has 0 saturated carbocycles. The van der Waals surface area contributed by atoms with E-state index in [2.05, 4.69) is 32.6 Å². The highest BCUT2D eigenvalue weighted by Gasteiger charge is 2.26. The molecule has 0 N–H and O–H groups in total. The molecule has 1 aromatic heterocycles. The number of para-hydroxylation sites is 1. The molecular weight excluding hydrogens is 365 g/mol. The summed E-state index contributed by atoms with van der Waals surface area (Å²) in [4.78, 5) is 2.17. The first kappa shape index (κ1) is 19.0. The van der Waals surface area contributed by atoms with E-state index in [0.29, 0.717) is 6.54 Å². The van der Waals surface area contributed by atoms with Crippen LogP contribution in [-0.4, -0.2) is 32.2 Å². The largest absolute Gasteiger partial charge is 0.288 e. The normalized spacial score (nSPS) is 12.3. The van der Waals surface area contributed by atoms with Gasteiger partial charge < -0.3 is 0 Å². The van der Waals surface area contributed by atoms with E-state index in [9.17, 15) is 4.39 Å². The fraction of sp³-hybridized carbons (Fsp3) is 0.174. The lowest BCUT2D eigenvalue weighted by atomic mass is 10.0. The molecule has 0 amide bonds. The maximum absolute atomic E-state index is 13.3. The average Bonchev–Trinajstić information content (AvgIpc) is 3.20. The maximum Gasteiger partial charge on any atom is 0.178 e. The van der Waals surface area contributed by atoms with Gasteiger partial charge in [0.05, 0.1) is 11.7 Å². The lowest BCUT2D eigenvalue weighted by Gasteiger charge is -2.28. The van der Waals surface area contributed by atoms with Crippen molar-refractivity contribution >= 4 is 0 Å². The van der Waals surface area contributed by atoms with E-state index in [1.165, 1.54) is 12.1 Å². The van der Waals surface area contributed by atoms with E-state index in [1.54, 1.807) is 16.8 Å². The minimum atomic E-state index is -0.237. The van der Waals surface area contributed by atoms with Crippen LogP contribution in [-0.2, 0) is 6.54 Å². The zero-order valence-corrected chi connectivity index (χ0v) is 16.4. The van der Waals surface area contributed by atoms with Gasteiger partial charge >= 0.3 is 0 Å². The Balaban J connectivity index is 1.76. The molecule has 0 aliphatic carbocycles. The van der Waals surface area contributed by atoms with Gasteiger partial charge in [-0.2, -0.15) is 4.68 Å². The fourth-order valence-electron chi connectivity index (χ4n) is 3.54. The van der Waals surface area contributed by atoms with Crippen LogP contribution in [0.5, 0.6) is 0 Å². The Kier molecular flexibility index (Phi) is 5.44. The molecule has 29 heavy (non-hydrogen) atoms. The topological polar surface area (TPSA) is 46.8 Å². The molecule has 0 saturated heterocycles. The van der Waals surface area contributed by atoms with Gasteiger partial charge in [-0.3, -0.25) is 4.90 Å². The first-order chi connectivity index (χ1) is 14.1. The van der Waals surface area contributed by atoms with Crippen molar-refractivity contribution in [3.63, 3.8) is 0 Å². The third kappa shape index (κ3) is 4.07. The van der Waals surface area contributed by atoms with Crippen molar-refractivity contribution in [1.82, 2.24) is 25.1 Å². The SMILES string of the molecule is Cc1ccccc1-n1nnnc1C(c1ccccc1)N(C)Cc1ccc(F)cc1. The molecule has 0 radical (unpaired) electrons. The van der Waals surface area contributed by atoms with E-state index >= 15 is 0 Å². The standard InChI is InChI=1S/C23H22FN5/c1-17-8-6-7-11-21(17)29-23(25-26-27-29)22(19-9-4-3-5-10-19)28(2)16-18-12-14-20(24)15-13-18/h3-15,22H,16H2,1-2H3. The lowest BCUT2D eigenvalue weighted by molar-refractivity contribution is 0.258.